The molecule has 0 aliphatic rings. The van der Waals surface area contributed by atoms with Crippen LogP contribution in [0.2, 0.25) is 0 Å². The lowest BCUT2D eigenvalue weighted by atomic mass is 10.2. The van der Waals surface area contributed by atoms with Crippen LogP contribution < -0.4 is 0 Å². The molecule has 0 heterocycles. The Balaban J connectivity index is 4.54. The zero-order chi connectivity index (χ0) is 8.85. The van der Waals surface area contributed by atoms with E-state index in [2.05, 4.69) is 0 Å². The molecule has 3 nitrogen and oxygen atoms in total. The van der Waals surface area contributed by atoms with Gasteiger partial charge >= 0.3 is 5.97 Å². The van der Waals surface area contributed by atoms with Crippen molar-refractivity contribution in [2.45, 2.75) is 13.8 Å². The van der Waals surface area contributed by atoms with Crippen molar-refractivity contribution < 1.29 is 9.90 Å². The quantitative estimate of drug-likeness (QED) is 0.369. The van der Waals surface area contributed by atoms with Gasteiger partial charge in [0.15, 0.2) is 0 Å². The molecular weight excluding hydrogens is 142 g/mol. The summed E-state index contributed by atoms with van der Waals surface area (Å²) in [5, 5.41) is 16.6. The van der Waals surface area contributed by atoms with E-state index in [-0.39, 0.29) is 5.57 Å². The van der Waals surface area contributed by atoms with Crippen LogP contribution in [0.25, 0.3) is 0 Å². The summed E-state index contributed by atoms with van der Waals surface area (Å²) in [5.74, 6) is -1.19. The third-order valence-corrected chi connectivity index (χ3v) is 0.934. The van der Waals surface area contributed by atoms with E-state index < -0.39 is 5.97 Å². The van der Waals surface area contributed by atoms with Gasteiger partial charge in [-0.25, -0.2) is 4.79 Å². The maximum Gasteiger partial charge on any atom is 0.346 e. The lowest BCUT2D eigenvalue weighted by Crippen LogP contribution is -1.96. The molecule has 0 bridgehead atoms. The van der Waals surface area contributed by atoms with Crippen LogP contribution in [-0.2, 0) is 4.79 Å². The predicted molar refractivity (Wildman–Crippen MR) is 40.8 cm³/mol. The van der Waals surface area contributed by atoms with Crippen LogP contribution >= 0.6 is 0 Å². The van der Waals surface area contributed by atoms with Gasteiger partial charge in [0.1, 0.15) is 11.6 Å². The standard InChI is InChI=1S/C8H9NO2/c1-6(2)3-4-7(5-9)8(10)11/h3-4H,1-2H3,(H,10,11). The highest BCUT2D eigenvalue weighted by molar-refractivity contribution is 5.91. The largest absolute Gasteiger partial charge is 0.477 e. The number of nitriles is 1. The summed E-state index contributed by atoms with van der Waals surface area (Å²) in [6.07, 6.45) is 2.88. The first-order valence-corrected chi connectivity index (χ1v) is 3.06. The van der Waals surface area contributed by atoms with Gasteiger partial charge in [0.05, 0.1) is 0 Å². The maximum atomic E-state index is 10.2. The highest BCUT2D eigenvalue weighted by Crippen LogP contribution is 1.96. The number of allylic oxidation sites excluding steroid dienone is 3. The van der Waals surface area contributed by atoms with Gasteiger partial charge in [0, 0.05) is 0 Å². The molecular formula is C8H9NO2. The third kappa shape index (κ3) is 3.93. The fourth-order valence-corrected chi connectivity index (χ4v) is 0.406. The first-order valence-electron chi connectivity index (χ1n) is 3.06. The molecule has 0 aromatic carbocycles. The monoisotopic (exact) mass is 151 g/mol. The number of hydrogen-bond acceptors (Lipinski definition) is 2. The molecule has 0 aromatic heterocycles. The Morgan fingerprint density at radius 1 is 1.45 bits per heavy atom. The Hall–Kier alpha value is -1.56. The molecule has 0 rings (SSSR count). The average molecular weight is 151 g/mol. The van der Waals surface area contributed by atoms with E-state index >= 15 is 0 Å². The predicted octanol–water partition coefficient (Wildman–Crippen LogP) is 1.49. The van der Waals surface area contributed by atoms with Crippen molar-refractivity contribution in [1.29, 1.82) is 5.26 Å². The molecule has 0 saturated heterocycles. The Kier molecular flexibility index (Phi) is 3.68. The molecule has 0 saturated carbocycles. The minimum Gasteiger partial charge on any atom is -0.477 e. The smallest absolute Gasteiger partial charge is 0.346 e. The number of nitrogens with zero attached hydrogens (tertiary/aromatic N) is 1. The molecule has 0 aromatic rings. The Labute approximate surface area is 65.3 Å². The molecule has 58 valence electrons. The van der Waals surface area contributed by atoms with E-state index in [9.17, 15) is 4.79 Å². The Bertz CT molecular complexity index is 252. The second-order valence-electron chi connectivity index (χ2n) is 2.24. The van der Waals surface area contributed by atoms with Crippen LogP contribution in [0.1, 0.15) is 13.8 Å². The lowest BCUT2D eigenvalue weighted by molar-refractivity contribution is -0.132. The lowest BCUT2D eigenvalue weighted by Gasteiger charge is -1.86. The fraction of sp³-hybridized carbons (Fsp3) is 0.250. The number of carboxylic acid groups (broad SMARTS) is 1. The van der Waals surface area contributed by atoms with E-state index in [0.717, 1.165) is 5.57 Å². The van der Waals surface area contributed by atoms with Crippen LogP contribution in [0.5, 0.6) is 0 Å². The molecule has 3 heteroatoms. The van der Waals surface area contributed by atoms with E-state index in [0.29, 0.717) is 0 Å². The molecule has 0 unspecified atom stereocenters. The summed E-state index contributed by atoms with van der Waals surface area (Å²) in [6, 6.07) is 1.57. The molecule has 0 radical (unpaired) electrons. The topological polar surface area (TPSA) is 61.1 Å². The van der Waals surface area contributed by atoms with Crippen LogP contribution in [-0.4, -0.2) is 11.1 Å². The summed E-state index contributed by atoms with van der Waals surface area (Å²) in [6.45, 7) is 3.65. The molecule has 0 fully saturated rings. The SMILES string of the molecule is CC(C)=CC=C(C#N)C(=O)O. The van der Waals surface area contributed by atoms with E-state index in [1.165, 1.54) is 6.08 Å². The van der Waals surface area contributed by atoms with Crippen LogP contribution in [0.4, 0.5) is 0 Å². The van der Waals surface area contributed by atoms with Gasteiger partial charge < -0.3 is 5.11 Å². The van der Waals surface area contributed by atoms with Crippen LogP contribution in [0.15, 0.2) is 23.3 Å². The van der Waals surface area contributed by atoms with Crippen molar-refractivity contribution in [3.05, 3.63) is 23.3 Å². The first kappa shape index (κ1) is 9.44. The number of carbonyl (C=O) groups is 1. The molecule has 0 spiro atoms. The number of hydrogen-bond donors (Lipinski definition) is 1. The summed E-state index contributed by atoms with van der Waals surface area (Å²) < 4.78 is 0. The Morgan fingerprint density at radius 2 is 2.00 bits per heavy atom. The normalized spacial score (nSPS) is 10.1. The van der Waals surface area contributed by atoms with E-state index in [4.69, 9.17) is 10.4 Å². The Morgan fingerprint density at radius 3 is 2.27 bits per heavy atom. The van der Waals surface area contributed by atoms with Crippen molar-refractivity contribution >= 4 is 5.97 Å². The highest BCUT2D eigenvalue weighted by atomic mass is 16.4. The fourth-order valence-electron chi connectivity index (χ4n) is 0.406. The van der Waals surface area contributed by atoms with Gasteiger partial charge in [-0.2, -0.15) is 5.26 Å². The number of rotatable bonds is 2. The number of carboxylic acids is 1. The molecule has 11 heavy (non-hydrogen) atoms. The summed E-state index contributed by atoms with van der Waals surface area (Å²) in [5.41, 5.74) is 0.713. The van der Waals surface area contributed by atoms with E-state index in [1.807, 2.05) is 13.8 Å². The van der Waals surface area contributed by atoms with Crippen molar-refractivity contribution in [1.82, 2.24) is 0 Å². The summed E-state index contributed by atoms with van der Waals surface area (Å²) in [7, 11) is 0. The maximum absolute atomic E-state index is 10.2. The minimum absolute atomic E-state index is 0.244. The van der Waals surface area contributed by atoms with Crippen LogP contribution in [0.3, 0.4) is 0 Å². The molecule has 0 amide bonds. The third-order valence-electron chi connectivity index (χ3n) is 0.934. The highest BCUT2D eigenvalue weighted by Gasteiger charge is 2.02. The van der Waals surface area contributed by atoms with Crippen molar-refractivity contribution in [3.8, 4) is 6.07 Å². The van der Waals surface area contributed by atoms with Gasteiger partial charge in [-0.1, -0.05) is 11.6 Å². The van der Waals surface area contributed by atoms with Crippen molar-refractivity contribution in [2.75, 3.05) is 0 Å². The molecule has 0 aliphatic heterocycles. The van der Waals surface area contributed by atoms with Crippen molar-refractivity contribution in [3.63, 3.8) is 0 Å². The van der Waals surface area contributed by atoms with Crippen LogP contribution in [0, 0.1) is 11.3 Å². The van der Waals surface area contributed by atoms with Gasteiger partial charge in [-0.3, -0.25) is 0 Å². The minimum atomic E-state index is -1.19. The summed E-state index contributed by atoms with van der Waals surface area (Å²) >= 11 is 0. The van der Waals surface area contributed by atoms with Crippen molar-refractivity contribution in [2.24, 2.45) is 0 Å². The average Bonchev–Trinajstić information content (AvgIpc) is 1.87. The number of aliphatic carboxylic acids is 1. The summed E-state index contributed by atoms with van der Waals surface area (Å²) in [4.78, 5) is 10.2. The zero-order valence-corrected chi connectivity index (χ0v) is 6.46. The first-order chi connectivity index (χ1) is 5.07. The van der Waals surface area contributed by atoms with Gasteiger partial charge in [-0.05, 0) is 19.9 Å². The molecule has 0 atom stereocenters. The van der Waals surface area contributed by atoms with Gasteiger partial charge in [0.2, 0.25) is 0 Å². The van der Waals surface area contributed by atoms with E-state index in [1.54, 1.807) is 12.1 Å². The van der Waals surface area contributed by atoms with Gasteiger partial charge in [0.25, 0.3) is 0 Å². The van der Waals surface area contributed by atoms with Gasteiger partial charge in [-0.15, -0.1) is 0 Å². The second-order valence-corrected chi connectivity index (χ2v) is 2.24. The molecule has 0 aliphatic carbocycles. The second kappa shape index (κ2) is 4.29. The molecule has 1 N–H and O–H groups in total. The zero-order valence-electron chi connectivity index (χ0n) is 6.46.